The fraction of sp³-hybridized carbons (Fsp3) is 0.326. The number of ether oxygens (including phenoxy) is 3. The lowest BCUT2D eigenvalue weighted by Gasteiger charge is -2.36. The van der Waals surface area contributed by atoms with E-state index in [-0.39, 0.29) is 24.7 Å². The molecule has 0 bridgehead atoms. The zero-order chi connectivity index (χ0) is 40.3. The van der Waals surface area contributed by atoms with Crippen molar-refractivity contribution in [3.05, 3.63) is 165 Å². The van der Waals surface area contributed by atoms with Gasteiger partial charge >= 0.3 is 6.03 Å². The number of nitrogens with one attached hydrogen (secondary N) is 2. The topological polar surface area (TPSA) is 89.1 Å². The number of carbonyl (C=O) groups is 1. The van der Waals surface area contributed by atoms with Gasteiger partial charge in [0.2, 0.25) is 0 Å². The molecule has 3 N–H and O–H groups in total. The minimum Gasteiger partial charge on any atom is -0.497 e. The minimum absolute atomic E-state index is 0.127. The van der Waals surface area contributed by atoms with Gasteiger partial charge in [-0.05, 0) is 105 Å². The van der Waals surface area contributed by atoms with Crippen LogP contribution in [0.25, 0.3) is 0 Å². The first-order valence-electron chi connectivity index (χ1n) is 18.9. The fourth-order valence-electron chi connectivity index (χ4n) is 6.72. The van der Waals surface area contributed by atoms with Gasteiger partial charge < -0.3 is 29.6 Å². The van der Waals surface area contributed by atoms with E-state index in [9.17, 15) is 18.4 Å². The Labute approximate surface area is 331 Å². The Balaban J connectivity index is 1.33. The molecule has 0 heterocycles. The molecule has 0 aromatic heterocycles. The van der Waals surface area contributed by atoms with Gasteiger partial charge in [0, 0.05) is 13.1 Å². The molecule has 10 heteroatoms. The molecule has 0 fully saturated rings. The number of carbonyl (C=O) groups excluding carboxylic acids is 1. The number of urea groups is 1. The van der Waals surface area contributed by atoms with Gasteiger partial charge in [0.1, 0.15) is 30.4 Å². The first-order chi connectivity index (χ1) is 26.8. The summed E-state index contributed by atoms with van der Waals surface area (Å²) >= 11 is 0. The summed E-state index contributed by atoms with van der Waals surface area (Å²) in [6.07, 6.45) is 1.47. The molecule has 56 heavy (non-hydrogen) atoms. The third-order valence-electron chi connectivity index (χ3n) is 10.8. The lowest BCUT2D eigenvalue weighted by Crippen LogP contribution is -2.39. The Morgan fingerprint density at radius 2 is 1.07 bits per heavy atom. The van der Waals surface area contributed by atoms with Crippen LogP contribution in [0.5, 0.6) is 11.5 Å². The van der Waals surface area contributed by atoms with E-state index in [2.05, 4.69) is 24.5 Å². The van der Waals surface area contributed by atoms with Crippen LogP contribution in [0.3, 0.4) is 0 Å². The number of hydrogen-bond donors (Lipinski definition) is 3. The van der Waals surface area contributed by atoms with E-state index in [1.165, 1.54) is 0 Å². The van der Waals surface area contributed by atoms with Crippen molar-refractivity contribution in [2.24, 2.45) is 0 Å². The second kappa shape index (κ2) is 18.7. The highest BCUT2D eigenvalue weighted by molar-refractivity contribution is 6.72. The summed E-state index contributed by atoms with van der Waals surface area (Å²) in [5.74, 6) is 1.42. The molecule has 0 unspecified atom stereocenters. The van der Waals surface area contributed by atoms with Gasteiger partial charge in [0.25, 0.3) is 0 Å². The molecule has 0 aliphatic carbocycles. The van der Waals surface area contributed by atoms with Gasteiger partial charge in [-0.25, -0.2) is 13.6 Å². The van der Waals surface area contributed by atoms with Gasteiger partial charge in [0.15, 0.2) is 8.32 Å². The van der Waals surface area contributed by atoms with Gasteiger partial charge in [-0.3, -0.25) is 0 Å². The number of benzene rings is 5. The van der Waals surface area contributed by atoms with Crippen LogP contribution in [-0.2, 0) is 49.8 Å². The molecule has 7 nitrogen and oxygen atoms in total. The summed E-state index contributed by atoms with van der Waals surface area (Å²) in [6.45, 7) is 7.22. The summed E-state index contributed by atoms with van der Waals surface area (Å²) in [5.41, 5.74) is 5.82. The van der Waals surface area contributed by atoms with E-state index in [0.29, 0.717) is 34.6 Å². The number of alkyl halides is 2. The third kappa shape index (κ3) is 10.4. The summed E-state index contributed by atoms with van der Waals surface area (Å²) in [7, 11) is 0.863. The largest absolute Gasteiger partial charge is 0.497 e. The van der Waals surface area contributed by atoms with Crippen molar-refractivity contribution in [3.63, 3.8) is 0 Å². The molecule has 0 spiro atoms. The molecule has 5 aromatic carbocycles. The maximum absolute atomic E-state index is 14.3. The lowest BCUT2D eigenvalue weighted by molar-refractivity contribution is 0.000129. The normalized spacial score (nSPS) is 11.9. The van der Waals surface area contributed by atoms with E-state index in [0.717, 1.165) is 39.8 Å². The summed E-state index contributed by atoms with van der Waals surface area (Å²) in [4.78, 5) is 23.7. The van der Waals surface area contributed by atoms with Crippen molar-refractivity contribution in [3.8, 4) is 11.5 Å². The lowest BCUT2D eigenvalue weighted by atomic mass is 9.80. The maximum Gasteiger partial charge on any atom is 0.315 e. The van der Waals surface area contributed by atoms with E-state index in [1.807, 2.05) is 110 Å². The number of methoxy groups -OCH3 is 2. The standard InChI is InChI=1S/C46H54F2N2O5Si/c1-45(2,56(5,6)52)21-20-33-22-34(28-47)24-36(23-33)30-49-44(51)50-31-37-25-35(29-48)26-38(27-37)32-55-46(39-10-8-7-9-11-39,40-12-16-42(53-3)17-13-40)41-14-18-43(54-4)19-15-41/h7-19,22-27,52H,20-21,28-32H2,1-6H3,(H2,49,50,51). The predicted molar refractivity (Wildman–Crippen MR) is 221 cm³/mol. The number of aryl methyl sites for hydroxylation is 1. The van der Waals surface area contributed by atoms with Crippen molar-refractivity contribution in [2.75, 3.05) is 14.2 Å². The number of hydrogen-bond acceptors (Lipinski definition) is 5. The molecule has 0 saturated carbocycles. The Morgan fingerprint density at radius 3 is 1.54 bits per heavy atom. The SMILES string of the molecule is COc1ccc(C(OCc2cc(CF)cc(CNC(=O)NCc3cc(CF)cc(CCC(C)(C)[Si](C)(C)O)c3)c2)(c2ccccc2)c2ccc(OC)cc2)cc1. The monoisotopic (exact) mass is 780 g/mol. The van der Waals surface area contributed by atoms with Gasteiger partial charge in [0.05, 0.1) is 20.8 Å². The highest BCUT2D eigenvalue weighted by Crippen LogP contribution is 2.43. The Kier molecular flexibility index (Phi) is 14.1. The highest BCUT2D eigenvalue weighted by Gasteiger charge is 2.39. The van der Waals surface area contributed by atoms with Crippen molar-refractivity contribution in [1.82, 2.24) is 10.6 Å². The van der Waals surface area contributed by atoms with Crippen LogP contribution in [0.2, 0.25) is 18.1 Å². The van der Waals surface area contributed by atoms with E-state index in [1.54, 1.807) is 32.4 Å². The Morgan fingerprint density at radius 1 is 0.643 bits per heavy atom. The van der Waals surface area contributed by atoms with Crippen molar-refractivity contribution in [2.45, 2.75) is 83.5 Å². The minimum atomic E-state index is -2.39. The Hall–Kier alpha value is -5.03. The van der Waals surface area contributed by atoms with Crippen LogP contribution in [0.15, 0.2) is 115 Å². The predicted octanol–water partition coefficient (Wildman–Crippen LogP) is 10.1. The molecular weight excluding hydrogens is 727 g/mol. The second-order valence-electron chi connectivity index (χ2n) is 15.4. The van der Waals surface area contributed by atoms with E-state index >= 15 is 0 Å². The molecule has 0 radical (unpaired) electrons. The highest BCUT2D eigenvalue weighted by atomic mass is 28.4. The summed E-state index contributed by atoms with van der Waals surface area (Å²) < 4.78 is 46.0. The zero-order valence-electron chi connectivity index (χ0n) is 33.3. The summed E-state index contributed by atoms with van der Waals surface area (Å²) in [6, 6.07) is 36.1. The maximum atomic E-state index is 14.3. The molecule has 5 aromatic rings. The zero-order valence-corrected chi connectivity index (χ0v) is 34.3. The fourth-order valence-corrected chi connectivity index (χ4v) is 7.46. The summed E-state index contributed by atoms with van der Waals surface area (Å²) in [5, 5.41) is 5.56. The molecular formula is C46H54F2N2O5Si. The van der Waals surface area contributed by atoms with Crippen LogP contribution in [-0.4, -0.2) is 33.4 Å². The van der Waals surface area contributed by atoms with E-state index < -0.39 is 33.3 Å². The number of halogens is 2. The van der Waals surface area contributed by atoms with Crippen LogP contribution in [0.4, 0.5) is 13.6 Å². The molecule has 0 atom stereocenters. The molecule has 5 rings (SSSR count). The number of amides is 2. The van der Waals surface area contributed by atoms with Crippen molar-refractivity contribution in [1.29, 1.82) is 0 Å². The van der Waals surface area contributed by atoms with Crippen molar-refractivity contribution >= 4 is 14.3 Å². The van der Waals surface area contributed by atoms with Crippen LogP contribution in [0.1, 0.15) is 70.3 Å². The smallest absolute Gasteiger partial charge is 0.315 e. The second-order valence-corrected chi connectivity index (χ2v) is 19.8. The number of rotatable bonds is 18. The quantitative estimate of drug-likeness (QED) is 0.0609. The van der Waals surface area contributed by atoms with Crippen LogP contribution >= 0.6 is 0 Å². The average molecular weight is 781 g/mol. The van der Waals surface area contributed by atoms with Gasteiger partial charge in [-0.1, -0.05) is 105 Å². The van der Waals surface area contributed by atoms with Crippen molar-refractivity contribution < 1.29 is 32.6 Å². The van der Waals surface area contributed by atoms with Crippen LogP contribution in [0, 0.1) is 0 Å². The van der Waals surface area contributed by atoms with E-state index in [4.69, 9.17) is 14.2 Å². The van der Waals surface area contributed by atoms with Crippen LogP contribution < -0.4 is 20.1 Å². The Bertz CT molecular complexity index is 1990. The first kappa shape index (κ1) is 42.1. The molecule has 0 saturated heterocycles. The molecule has 0 aliphatic heterocycles. The first-order valence-corrected chi connectivity index (χ1v) is 21.8. The third-order valence-corrected chi connectivity index (χ3v) is 14.3. The van der Waals surface area contributed by atoms with Gasteiger partial charge in [-0.2, -0.15) is 0 Å². The average Bonchev–Trinajstić information content (AvgIpc) is 3.21. The van der Waals surface area contributed by atoms with Gasteiger partial charge in [-0.15, -0.1) is 0 Å². The molecule has 0 aliphatic rings. The molecule has 296 valence electrons. The molecule has 2 amide bonds.